The minimum absolute atomic E-state index is 0.187. The van der Waals surface area contributed by atoms with Crippen molar-refractivity contribution >= 4 is 0 Å². The molecule has 0 saturated carbocycles. The lowest BCUT2D eigenvalue weighted by Gasteiger charge is -2.36. The van der Waals surface area contributed by atoms with Crippen molar-refractivity contribution in [3.8, 4) is 5.75 Å². The fourth-order valence-electron chi connectivity index (χ4n) is 2.74. The Morgan fingerprint density at radius 2 is 2.29 bits per heavy atom. The van der Waals surface area contributed by atoms with Gasteiger partial charge in [0.25, 0.3) is 0 Å². The molecule has 21 heavy (non-hydrogen) atoms. The Morgan fingerprint density at radius 3 is 3.00 bits per heavy atom. The van der Waals surface area contributed by atoms with Crippen molar-refractivity contribution in [1.82, 2.24) is 10.2 Å². The van der Waals surface area contributed by atoms with Crippen molar-refractivity contribution < 1.29 is 9.47 Å². The minimum Gasteiger partial charge on any atom is -0.494 e. The van der Waals surface area contributed by atoms with Gasteiger partial charge in [0.2, 0.25) is 0 Å². The smallest absolute Gasteiger partial charge is 0.119 e. The van der Waals surface area contributed by atoms with Crippen LogP contribution in [-0.2, 0) is 4.74 Å². The summed E-state index contributed by atoms with van der Waals surface area (Å²) in [5.41, 5.74) is 1.25. The van der Waals surface area contributed by atoms with Crippen LogP contribution in [0, 0.1) is 0 Å². The second-order valence-electron chi connectivity index (χ2n) is 5.61. The van der Waals surface area contributed by atoms with Gasteiger partial charge in [0.1, 0.15) is 5.75 Å². The molecule has 0 radical (unpaired) electrons. The van der Waals surface area contributed by atoms with Gasteiger partial charge in [-0.2, -0.15) is 0 Å². The van der Waals surface area contributed by atoms with Crippen molar-refractivity contribution in [1.29, 1.82) is 0 Å². The predicted octanol–water partition coefficient (Wildman–Crippen LogP) is 2.46. The number of rotatable bonds is 7. The van der Waals surface area contributed by atoms with Gasteiger partial charge in [-0.05, 0) is 44.6 Å². The molecular weight excluding hydrogens is 264 g/mol. The van der Waals surface area contributed by atoms with Crippen LogP contribution < -0.4 is 10.1 Å². The summed E-state index contributed by atoms with van der Waals surface area (Å²) in [6.07, 6.45) is 1.30. The van der Waals surface area contributed by atoms with Crippen molar-refractivity contribution in [2.45, 2.75) is 32.4 Å². The largest absolute Gasteiger partial charge is 0.494 e. The molecule has 2 atom stereocenters. The summed E-state index contributed by atoms with van der Waals surface area (Å²) >= 11 is 0. The first kappa shape index (κ1) is 16.3. The molecule has 0 aliphatic carbocycles. The highest BCUT2D eigenvalue weighted by Crippen LogP contribution is 2.25. The first-order valence-electron chi connectivity index (χ1n) is 8.00. The quantitative estimate of drug-likeness (QED) is 0.837. The van der Waals surface area contributed by atoms with E-state index in [9.17, 15) is 0 Å². The minimum atomic E-state index is 0.187. The molecule has 1 heterocycles. The Bertz CT molecular complexity index is 425. The maximum Gasteiger partial charge on any atom is 0.119 e. The maximum absolute atomic E-state index is 6.02. The van der Waals surface area contributed by atoms with Crippen LogP contribution in [0.4, 0.5) is 0 Å². The Labute approximate surface area is 128 Å². The van der Waals surface area contributed by atoms with Gasteiger partial charge in [-0.1, -0.05) is 19.1 Å². The SMILES string of the molecule is CCCNC(c1cccc(OCC)c1)C1CN(C)CCO1. The van der Waals surface area contributed by atoms with E-state index in [2.05, 4.69) is 42.4 Å². The molecule has 1 saturated heterocycles. The molecule has 0 bridgehead atoms. The predicted molar refractivity (Wildman–Crippen MR) is 85.9 cm³/mol. The summed E-state index contributed by atoms with van der Waals surface area (Å²) in [6.45, 7) is 8.66. The van der Waals surface area contributed by atoms with E-state index in [-0.39, 0.29) is 12.1 Å². The van der Waals surface area contributed by atoms with E-state index in [1.165, 1.54) is 5.56 Å². The van der Waals surface area contributed by atoms with E-state index in [1.54, 1.807) is 0 Å². The summed E-state index contributed by atoms with van der Waals surface area (Å²) in [5, 5.41) is 3.64. The third-order valence-corrected chi connectivity index (χ3v) is 3.81. The number of hydrogen-bond donors (Lipinski definition) is 1. The molecule has 4 heteroatoms. The summed E-state index contributed by atoms with van der Waals surface area (Å²) in [5.74, 6) is 0.933. The average Bonchev–Trinajstić information content (AvgIpc) is 2.49. The second kappa shape index (κ2) is 8.37. The van der Waals surface area contributed by atoms with Gasteiger partial charge >= 0.3 is 0 Å². The van der Waals surface area contributed by atoms with Gasteiger partial charge in [0, 0.05) is 13.1 Å². The molecule has 1 aromatic carbocycles. The number of hydrogen-bond acceptors (Lipinski definition) is 4. The van der Waals surface area contributed by atoms with Crippen LogP contribution in [0.25, 0.3) is 0 Å². The zero-order valence-corrected chi connectivity index (χ0v) is 13.5. The van der Waals surface area contributed by atoms with Crippen LogP contribution in [0.1, 0.15) is 31.9 Å². The zero-order chi connectivity index (χ0) is 15.1. The highest BCUT2D eigenvalue weighted by atomic mass is 16.5. The van der Waals surface area contributed by atoms with E-state index < -0.39 is 0 Å². The number of likely N-dealkylation sites (N-methyl/N-ethyl adjacent to an activating group) is 1. The Morgan fingerprint density at radius 1 is 1.43 bits per heavy atom. The fraction of sp³-hybridized carbons (Fsp3) is 0.647. The lowest BCUT2D eigenvalue weighted by atomic mass is 9.99. The monoisotopic (exact) mass is 292 g/mol. The van der Waals surface area contributed by atoms with Gasteiger partial charge in [-0.3, -0.25) is 0 Å². The summed E-state index contributed by atoms with van der Waals surface area (Å²) < 4.78 is 11.6. The molecule has 0 spiro atoms. The normalized spacial score (nSPS) is 21.2. The summed E-state index contributed by atoms with van der Waals surface area (Å²) in [7, 11) is 2.16. The summed E-state index contributed by atoms with van der Waals surface area (Å²) in [6, 6.07) is 8.58. The van der Waals surface area contributed by atoms with Crippen LogP contribution in [0.5, 0.6) is 5.75 Å². The highest BCUT2D eigenvalue weighted by Gasteiger charge is 2.27. The highest BCUT2D eigenvalue weighted by molar-refractivity contribution is 5.31. The van der Waals surface area contributed by atoms with E-state index in [4.69, 9.17) is 9.47 Å². The average molecular weight is 292 g/mol. The van der Waals surface area contributed by atoms with Gasteiger partial charge in [0.15, 0.2) is 0 Å². The Hall–Kier alpha value is -1.10. The first-order chi connectivity index (χ1) is 10.2. The van der Waals surface area contributed by atoms with Gasteiger partial charge in [0.05, 0.1) is 25.4 Å². The molecule has 1 aromatic rings. The van der Waals surface area contributed by atoms with Crippen LogP contribution in [0.15, 0.2) is 24.3 Å². The van der Waals surface area contributed by atoms with E-state index in [0.29, 0.717) is 6.61 Å². The number of nitrogens with one attached hydrogen (secondary N) is 1. The van der Waals surface area contributed by atoms with Crippen molar-refractivity contribution in [2.75, 3.05) is 39.9 Å². The van der Waals surface area contributed by atoms with Crippen molar-refractivity contribution in [2.24, 2.45) is 0 Å². The molecule has 2 unspecified atom stereocenters. The second-order valence-corrected chi connectivity index (χ2v) is 5.61. The lowest BCUT2D eigenvalue weighted by molar-refractivity contribution is -0.0392. The molecular formula is C17H28N2O2. The standard InChI is InChI=1S/C17H28N2O2/c1-4-9-18-17(16-13-19(3)10-11-21-16)14-7-6-8-15(12-14)20-5-2/h6-8,12,16-18H,4-5,9-11,13H2,1-3H3. The third kappa shape index (κ3) is 4.70. The lowest BCUT2D eigenvalue weighted by Crippen LogP contribution is -2.46. The first-order valence-corrected chi connectivity index (χ1v) is 8.00. The zero-order valence-electron chi connectivity index (χ0n) is 13.5. The van der Waals surface area contributed by atoms with Gasteiger partial charge < -0.3 is 19.7 Å². The molecule has 1 fully saturated rings. The Balaban J connectivity index is 2.15. The molecule has 118 valence electrons. The Kier molecular flexibility index (Phi) is 6.49. The molecule has 0 aromatic heterocycles. The van der Waals surface area contributed by atoms with Crippen molar-refractivity contribution in [3.63, 3.8) is 0 Å². The number of morpholine rings is 1. The number of benzene rings is 1. The molecule has 1 aliphatic heterocycles. The third-order valence-electron chi connectivity index (χ3n) is 3.81. The molecule has 2 rings (SSSR count). The van der Waals surface area contributed by atoms with Gasteiger partial charge in [-0.15, -0.1) is 0 Å². The van der Waals surface area contributed by atoms with Crippen molar-refractivity contribution in [3.05, 3.63) is 29.8 Å². The van der Waals surface area contributed by atoms with E-state index >= 15 is 0 Å². The van der Waals surface area contributed by atoms with Gasteiger partial charge in [-0.25, -0.2) is 0 Å². The van der Waals surface area contributed by atoms with E-state index in [0.717, 1.165) is 38.4 Å². The van der Waals surface area contributed by atoms with Crippen LogP contribution in [0.2, 0.25) is 0 Å². The maximum atomic E-state index is 6.02. The summed E-state index contributed by atoms with van der Waals surface area (Å²) in [4.78, 5) is 2.33. The fourth-order valence-corrected chi connectivity index (χ4v) is 2.74. The topological polar surface area (TPSA) is 33.7 Å². The van der Waals surface area contributed by atoms with Crippen LogP contribution >= 0.6 is 0 Å². The number of ether oxygens (including phenoxy) is 2. The van der Waals surface area contributed by atoms with E-state index in [1.807, 2.05) is 13.0 Å². The molecule has 0 amide bonds. The molecule has 1 N–H and O–H groups in total. The van der Waals surface area contributed by atoms with Crippen LogP contribution in [0.3, 0.4) is 0 Å². The molecule has 1 aliphatic rings. The number of nitrogens with zero attached hydrogens (tertiary/aromatic N) is 1. The van der Waals surface area contributed by atoms with Crippen LogP contribution in [-0.4, -0.2) is 50.9 Å². The molecule has 4 nitrogen and oxygen atoms in total.